The van der Waals surface area contributed by atoms with Crippen molar-refractivity contribution >= 4 is 24.0 Å². The largest absolute Gasteiger partial charge is 0.292 e. The first-order valence-electron chi connectivity index (χ1n) is 5.26. The highest BCUT2D eigenvalue weighted by Crippen LogP contribution is 2.13. The van der Waals surface area contributed by atoms with Crippen molar-refractivity contribution in [1.82, 2.24) is 4.90 Å². The minimum atomic E-state index is 0.580. The molecule has 0 saturated carbocycles. The molecule has 0 aromatic carbocycles. The number of rotatable bonds is 6. The lowest BCUT2D eigenvalue weighted by molar-refractivity contribution is 0.239. The molecule has 1 aromatic rings. The fraction of sp³-hybridized carbons (Fsp3) is 0.500. The van der Waals surface area contributed by atoms with Gasteiger partial charge in [0.2, 0.25) is 0 Å². The molecule has 0 amide bonds. The smallest absolute Gasteiger partial charge is 0.0333 e. The number of thiophene rings is 1. The Morgan fingerprint density at radius 1 is 1.47 bits per heavy atom. The Morgan fingerprint density at radius 2 is 2.27 bits per heavy atom. The minimum Gasteiger partial charge on any atom is -0.292 e. The van der Waals surface area contributed by atoms with Crippen LogP contribution in [-0.4, -0.2) is 23.2 Å². The van der Waals surface area contributed by atoms with Crippen LogP contribution in [0.4, 0.5) is 0 Å². The van der Waals surface area contributed by atoms with E-state index in [9.17, 15) is 0 Å². The zero-order chi connectivity index (χ0) is 11.1. The second-order valence-corrected chi connectivity index (χ2v) is 5.15. The van der Waals surface area contributed by atoms with E-state index in [1.807, 2.05) is 11.3 Å². The van der Waals surface area contributed by atoms with Gasteiger partial charge in [0.25, 0.3) is 0 Å². The molecule has 1 heterocycles. The summed E-state index contributed by atoms with van der Waals surface area (Å²) in [5.74, 6) is 0.824. The standard InChI is InChI=1S/C12H19NS2/c1-11(2)13(7-3-4-8-14)10-12-6-5-9-15-12/h3-6,9,11,14H,7-8,10H2,1-2H3. The highest BCUT2D eigenvalue weighted by Gasteiger charge is 2.08. The predicted octanol–water partition coefficient (Wildman–Crippen LogP) is 3.44. The first-order valence-corrected chi connectivity index (χ1v) is 6.77. The molecular formula is C12H19NS2. The summed E-state index contributed by atoms with van der Waals surface area (Å²) in [6.45, 7) is 6.53. The quantitative estimate of drug-likeness (QED) is 0.590. The average Bonchev–Trinajstić information content (AvgIpc) is 2.69. The normalized spacial score (nSPS) is 12.1. The topological polar surface area (TPSA) is 3.24 Å². The third-order valence-corrected chi connectivity index (χ3v) is 3.35. The maximum Gasteiger partial charge on any atom is 0.0333 e. The number of hydrogen-bond donors (Lipinski definition) is 1. The van der Waals surface area contributed by atoms with Crippen LogP contribution in [-0.2, 0) is 6.54 Å². The fourth-order valence-electron chi connectivity index (χ4n) is 1.35. The molecule has 1 aromatic heterocycles. The van der Waals surface area contributed by atoms with Gasteiger partial charge in [-0.1, -0.05) is 18.2 Å². The van der Waals surface area contributed by atoms with Gasteiger partial charge in [0.15, 0.2) is 0 Å². The van der Waals surface area contributed by atoms with Gasteiger partial charge in [-0.3, -0.25) is 4.90 Å². The van der Waals surface area contributed by atoms with E-state index in [1.54, 1.807) is 0 Å². The summed E-state index contributed by atoms with van der Waals surface area (Å²) < 4.78 is 0. The Kier molecular flexibility index (Phi) is 6.06. The Morgan fingerprint density at radius 3 is 2.80 bits per heavy atom. The number of nitrogens with zero attached hydrogens (tertiary/aromatic N) is 1. The van der Waals surface area contributed by atoms with Gasteiger partial charge >= 0.3 is 0 Å². The summed E-state index contributed by atoms with van der Waals surface area (Å²) in [5.41, 5.74) is 0. The van der Waals surface area contributed by atoms with Crippen LogP contribution in [0.2, 0.25) is 0 Å². The van der Waals surface area contributed by atoms with E-state index in [0.717, 1.165) is 18.8 Å². The lowest BCUT2D eigenvalue weighted by Gasteiger charge is -2.24. The monoisotopic (exact) mass is 241 g/mol. The second-order valence-electron chi connectivity index (χ2n) is 3.76. The molecule has 0 aliphatic heterocycles. The molecule has 0 aliphatic rings. The molecule has 0 bridgehead atoms. The molecule has 0 N–H and O–H groups in total. The van der Waals surface area contributed by atoms with Crippen molar-refractivity contribution in [2.45, 2.75) is 26.4 Å². The molecule has 0 saturated heterocycles. The maximum atomic E-state index is 4.16. The van der Waals surface area contributed by atoms with Gasteiger partial charge in [0, 0.05) is 29.8 Å². The van der Waals surface area contributed by atoms with Crippen LogP contribution in [0.1, 0.15) is 18.7 Å². The van der Waals surface area contributed by atoms with Gasteiger partial charge in [-0.2, -0.15) is 12.6 Å². The van der Waals surface area contributed by atoms with E-state index in [4.69, 9.17) is 0 Å². The third-order valence-electron chi connectivity index (χ3n) is 2.28. The van der Waals surface area contributed by atoms with E-state index in [-0.39, 0.29) is 0 Å². The van der Waals surface area contributed by atoms with Crippen LogP contribution in [0.25, 0.3) is 0 Å². The molecule has 0 aliphatic carbocycles. The van der Waals surface area contributed by atoms with E-state index < -0.39 is 0 Å². The lowest BCUT2D eigenvalue weighted by atomic mass is 10.3. The Bertz CT molecular complexity index is 278. The predicted molar refractivity (Wildman–Crippen MR) is 72.9 cm³/mol. The molecule has 3 heteroatoms. The Balaban J connectivity index is 2.47. The van der Waals surface area contributed by atoms with Crippen LogP contribution >= 0.6 is 24.0 Å². The molecule has 1 nitrogen and oxygen atoms in total. The first kappa shape index (κ1) is 12.8. The lowest BCUT2D eigenvalue weighted by Crippen LogP contribution is -2.30. The van der Waals surface area contributed by atoms with Gasteiger partial charge in [-0.05, 0) is 25.3 Å². The molecule has 0 spiro atoms. The molecule has 0 radical (unpaired) electrons. The first-order chi connectivity index (χ1) is 7.24. The summed E-state index contributed by atoms with van der Waals surface area (Å²) in [4.78, 5) is 3.88. The highest BCUT2D eigenvalue weighted by molar-refractivity contribution is 7.80. The van der Waals surface area contributed by atoms with Gasteiger partial charge in [-0.25, -0.2) is 0 Å². The molecule has 0 unspecified atom stereocenters. The van der Waals surface area contributed by atoms with Crippen LogP contribution in [0, 0.1) is 0 Å². The SMILES string of the molecule is CC(C)N(CC=CCS)Cc1cccs1. The molecular weight excluding hydrogens is 222 g/mol. The minimum absolute atomic E-state index is 0.580. The van der Waals surface area contributed by atoms with Crippen LogP contribution in [0.15, 0.2) is 29.7 Å². The second kappa shape index (κ2) is 7.09. The van der Waals surface area contributed by atoms with Crippen molar-refractivity contribution in [2.24, 2.45) is 0 Å². The van der Waals surface area contributed by atoms with Crippen molar-refractivity contribution in [3.05, 3.63) is 34.5 Å². The Labute approximate surface area is 102 Å². The molecule has 15 heavy (non-hydrogen) atoms. The summed E-state index contributed by atoms with van der Waals surface area (Å²) >= 11 is 5.99. The van der Waals surface area contributed by atoms with Gasteiger partial charge in [0.1, 0.15) is 0 Å². The average molecular weight is 241 g/mol. The zero-order valence-corrected chi connectivity index (χ0v) is 11.1. The van der Waals surface area contributed by atoms with Crippen molar-refractivity contribution in [3.8, 4) is 0 Å². The van der Waals surface area contributed by atoms with Crippen molar-refractivity contribution < 1.29 is 0 Å². The van der Waals surface area contributed by atoms with Crippen molar-refractivity contribution in [3.63, 3.8) is 0 Å². The van der Waals surface area contributed by atoms with Crippen LogP contribution in [0.5, 0.6) is 0 Å². The summed E-state index contributed by atoms with van der Waals surface area (Å²) in [6.07, 6.45) is 4.30. The molecule has 1 rings (SSSR count). The van der Waals surface area contributed by atoms with Crippen molar-refractivity contribution in [1.29, 1.82) is 0 Å². The summed E-state index contributed by atoms with van der Waals surface area (Å²) in [6, 6.07) is 4.89. The molecule has 0 fully saturated rings. The summed E-state index contributed by atoms with van der Waals surface area (Å²) in [5, 5.41) is 2.14. The van der Waals surface area contributed by atoms with Crippen LogP contribution in [0.3, 0.4) is 0 Å². The zero-order valence-electron chi connectivity index (χ0n) is 9.39. The van der Waals surface area contributed by atoms with E-state index in [2.05, 4.69) is 61.0 Å². The number of hydrogen-bond acceptors (Lipinski definition) is 3. The van der Waals surface area contributed by atoms with E-state index in [0.29, 0.717) is 6.04 Å². The van der Waals surface area contributed by atoms with E-state index in [1.165, 1.54) is 4.88 Å². The van der Waals surface area contributed by atoms with Gasteiger partial charge < -0.3 is 0 Å². The Hall–Kier alpha value is -0.250. The summed E-state index contributed by atoms with van der Waals surface area (Å²) in [7, 11) is 0. The van der Waals surface area contributed by atoms with Crippen LogP contribution < -0.4 is 0 Å². The number of thiol groups is 1. The molecule has 0 atom stereocenters. The fourth-order valence-corrected chi connectivity index (χ4v) is 2.22. The third kappa shape index (κ3) is 4.87. The van der Waals surface area contributed by atoms with Gasteiger partial charge in [-0.15, -0.1) is 11.3 Å². The van der Waals surface area contributed by atoms with Crippen molar-refractivity contribution in [2.75, 3.05) is 12.3 Å². The maximum absolute atomic E-state index is 4.16. The van der Waals surface area contributed by atoms with E-state index >= 15 is 0 Å². The van der Waals surface area contributed by atoms with Gasteiger partial charge in [0.05, 0.1) is 0 Å². The molecule has 84 valence electrons. The highest BCUT2D eigenvalue weighted by atomic mass is 32.1.